The zero-order chi connectivity index (χ0) is 19.7. The number of nitrogens with zero attached hydrogens (tertiary/aromatic N) is 4. The molecule has 4 rings (SSSR count). The van der Waals surface area contributed by atoms with Gasteiger partial charge in [-0.05, 0) is 18.2 Å². The quantitative estimate of drug-likeness (QED) is 0.655. The van der Waals surface area contributed by atoms with Crippen molar-refractivity contribution in [2.24, 2.45) is 7.05 Å². The molecule has 146 valence electrons. The molecule has 1 saturated heterocycles. The van der Waals surface area contributed by atoms with Gasteiger partial charge in [0.2, 0.25) is 10.0 Å². The number of piperazine rings is 1. The summed E-state index contributed by atoms with van der Waals surface area (Å²) in [6.45, 7) is 2.05. The normalized spacial score (nSPS) is 15.7. The summed E-state index contributed by atoms with van der Waals surface area (Å²) in [6, 6.07) is 17.0. The second-order valence-electron chi connectivity index (χ2n) is 6.75. The molecule has 0 radical (unpaired) electrons. The van der Waals surface area contributed by atoms with Crippen LogP contribution < -0.4 is 4.90 Å². The van der Waals surface area contributed by atoms with Crippen molar-refractivity contribution in [3.63, 3.8) is 0 Å². The Kier molecular flexibility index (Phi) is 5.14. The minimum absolute atomic E-state index is 0.248. The summed E-state index contributed by atoms with van der Waals surface area (Å²) >= 11 is 6.08. The van der Waals surface area contributed by atoms with E-state index in [9.17, 15) is 8.42 Å². The van der Waals surface area contributed by atoms with E-state index in [1.165, 1.54) is 4.31 Å². The predicted octanol–water partition coefficient (Wildman–Crippen LogP) is 3.25. The Bertz CT molecular complexity index is 1070. The van der Waals surface area contributed by atoms with E-state index in [0.29, 0.717) is 36.9 Å². The first kappa shape index (κ1) is 19.0. The predicted molar refractivity (Wildman–Crippen MR) is 111 cm³/mol. The van der Waals surface area contributed by atoms with E-state index in [-0.39, 0.29) is 4.90 Å². The molecule has 6 nitrogen and oxygen atoms in total. The fourth-order valence-electron chi connectivity index (χ4n) is 3.45. The Balaban J connectivity index is 1.58. The van der Waals surface area contributed by atoms with E-state index in [4.69, 9.17) is 11.6 Å². The first-order valence-corrected chi connectivity index (χ1v) is 10.9. The van der Waals surface area contributed by atoms with Crippen LogP contribution in [0.1, 0.15) is 0 Å². The van der Waals surface area contributed by atoms with E-state index >= 15 is 0 Å². The van der Waals surface area contributed by atoms with Crippen molar-refractivity contribution in [2.75, 3.05) is 31.1 Å². The monoisotopic (exact) mass is 416 g/mol. The molecule has 0 spiro atoms. The minimum atomic E-state index is -3.64. The van der Waals surface area contributed by atoms with Crippen LogP contribution in [0, 0.1) is 0 Å². The van der Waals surface area contributed by atoms with Crippen LogP contribution >= 0.6 is 11.6 Å². The largest absolute Gasteiger partial charge is 0.369 e. The molecule has 1 aliphatic heterocycles. The number of benzene rings is 2. The number of aromatic nitrogens is 2. The first-order chi connectivity index (χ1) is 13.4. The van der Waals surface area contributed by atoms with Gasteiger partial charge in [0.25, 0.3) is 0 Å². The number of rotatable bonds is 4. The molecule has 28 heavy (non-hydrogen) atoms. The number of hydrogen-bond acceptors (Lipinski definition) is 4. The van der Waals surface area contributed by atoms with E-state index in [1.807, 2.05) is 54.6 Å². The van der Waals surface area contributed by atoms with Crippen molar-refractivity contribution in [1.82, 2.24) is 14.1 Å². The SMILES string of the molecule is Cn1cc(S(=O)(=O)N2CCN(c3cccc(Cl)c3)CC2)c(-c2ccccc2)n1. The first-order valence-electron chi connectivity index (χ1n) is 9.05. The van der Waals surface area contributed by atoms with Crippen LogP contribution in [-0.4, -0.2) is 48.7 Å². The second kappa shape index (κ2) is 7.58. The third-order valence-corrected chi connectivity index (χ3v) is 7.01. The lowest BCUT2D eigenvalue weighted by Crippen LogP contribution is -2.48. The Morgan fingerprint density at radius 1 is 0.964 bits per heavy atom. The summed E-state index contributed by atoms with van der Waals surface area (Å²) in [5.41, 5.74) is 2.29. The van der Waals surface area contributed by atoms with Gasteiger partial charge < -0.3 is 4.90 Å². The van der Waals surface area contributed by atoms with Crippen molar-refractivity contribution < 1.29 is 8.42 Å². The molecular formula is C20H21ClN4O2S. The lowest BCUT2D eigenvalue weighted by atomic mass is 10.2. The van der Waals surface area contributed by atoms with Gasteiger partial charge in [0.1, 0.15) is 10.6 Å². The van der Waals surface area contributed by atoms with Crippen LogP contribution in [0.3, 0.4) is 0 Å². The molecule has 0 N–H and O–H groups in total. The molecule has 3 aromatic rings. The van der Waals surface area contributed by atoms with E-state index in [0.717, 1.165) is 11.3 Å². The maximum atomic E-state index is 13.3. The van der Waals surface area contributed by atoms with Crippen molar-refractivity contribution >= 4 is 27.3 Å². The Hall–Kier alpha value is -2.35. The fourth-order valence-corrected chi connectivity index (χ4v) is 5.25. The highest BCUT2D eigenvalue weighted by Crippen LogP contribution is 2.29. The van der Waals surface area contributed by atoms with Crippen LogP contribution in [0.25, 0.3) is 11.3 Å². The highest BCUT2D eigenvalue weighted by atomic mass is 35.5. The molecule has 1 aromatic heterocycles. The lowest BCUT2D eigenvalue weighted by molar-refractivity contribution is 0.385. The molecule has 2 aromatic carbocycles. The van der Waals surface area contributed by atoms with Crippen molar-refractivity contribution in [3.05, 3.63) is 65.8 Å². The summed E-state index contributed by atoms with van der Waals surface area (Å²) in [5.74, 6) is 0. The summed E-state index contributed by atoms with van der Waals surface area (Å²) in [6.07, 6.45) is 1.58. The van der Waals surface area contributed by atoms with Crippen molar-refractivity contribution in [2.45, 2.75) is 4.90 Å². The summed E-state index contributed by atoms with van der Waals surface area (Å²) in [5, 5.41) is 5.08. The van der Waals surface area contributed by atoms with Gasteiger partial charge in [-0.3, -0.25) is 4.68 Å². The third-order valence-electron chi connectivity index (χ3n) is 4.87. The van der Waals surface area contributed by atoms with Crippen LogP contribution in [0.4, 0.5) is 5.69 Å². The average Bonchev–Trinajstić information content (AvgIpc) is 3.11. The molecular weight excluding hydrogens is 396 g/mol. The van der Waals surface area contributed by atoms with Gasteiger partial charge in [-0.25, -0.2) is 8.42 Å². The second-order valence-corrected chi connectivity index (χ2v) is 9.10. The molecule has 1 aliphatic rings. The van der Waals surface area contributed by atoms with Crippen LogP contribution in [-0.2, 0) is 17.1 Å². The van der Waals surface area contributed by atoms with E-state index in [1.54, 1.807) is 17.9 Å². The highest BCUT2D eigenvalue weighted by Gasteiger charge is 2.32. The molecule has 0 atom stereocenters. The zero-order valence-electron chi connectivity index (χ0n) is 15.5. The van der Waals surface area contributed by atoms with Gasteiger partial charge in [-0.2, -0.15) is 9.40 Å². The molecule has 0 unspecified atom stereocenters. The van der Waals surface area contributed by atoms with Gasteiger partial charge in [0, 0.05) is 55.7 Å². The van der Waals surface area contributed by atoms with Crippen LogP contribution in [0.5, 0.6) is 0 Å². The minimum Gasteiger partial charge on any atom is -0.369 e. The van der Waals surface area contributed by atoms with Crippen LogP contribution in [0.15, 0.2) is 65.7 Å². The summed E-state index contributed by atoms with van der Waals surface area (Å²) in [7, 11) is -1.90. The smallest absolute Gasteiger partial charge is 0.246 e. The van der Waals surface area contributed by atoms with E-state index in [2.05, 4.69) is 10.00 Å². The molecule has 0 amide bonds. The number of halogens is 1. The molecule has 0 bridgehead atoms. The fraction of sp³-hybridized carbons (Fsp3) is 0.250. The lowest BCUT2D eigenvalue weighted by Gasteiger charge is -2.35. The van der Waals surface area contributed by atoms with E-state index < -0.39 is 10.0 Å². The Morgan fingerprint density at radius 3 is 2.36 bits per heavy atom. The molecule has 2 heterocycles. The molecule has 0 saturated carbocycles. The third kappa shape index (κ3) is 3.65. The molecule has 0 aliphatic carbocycles. The number of anilines is 1. The maximum absolute atomic E-state index is 13.3. The zero-order valence-corrected chi connectivity index (χ0v) is 17.1. The number of hydrogen-bond donors (Lipinski definition) is 0. The summed E-state index contributed by atoms with van der Waals surface area (Å²) < 4.78 is 29.7. The van der Waals surface area contributed by atoms with Gasteiger partial charge in [0.15, 0.2) is 0 Å². The average molecular weight is 417 g/mol. The van der Waals surface area contributed by atoms with Crippen molar-refractivity contribution in [3.8, 4) is 11.3 Å². The molecule has 8 heteroatoms. The standard InChI is InChI=1S/C20H21ClN4O2S/c1-23-15-19(20(22-23)16-6-3-2-4-7-16)28(26,27)25-12-10-24(11-13-25)18-9-5-8-17(21)14-18/h2-9,14-15H,10-13H2,1H3. The Labute approximate surface area is 170 Å². The highest BCUT2D eigenvalue weighted by molar-refractivity contribution is 7.89. The van der Waals surface area contributed by atoms with Gasteiger partial charge in [-0.1, -0.05) is 48.0 Å². The molecule has 1 fully saturated rings. The summed E-state index contributed by atoms with van der Waals surface area (Å²) in [4.78, 5) is 2.40. The van der Waals surface area contributed by atoms with Gasteiger partial charge >= 0.3 is 0 Å². The van der Waals surface area contributed by atoms with Crippen molar-refractivity contribution in [1.29, 1.82) is 0 Å². The number of sulfonamides is 1. The Morgan fingerprint density at radius 2 is 1.68 bits per heavy atom. The topological polar surface area (TPSA) is 58.4 Å². The number of aryl methyl sites for hydroxylation is 1. The van der Waals surface area contributed by atoms with Crippen LogP contribution in [0.2, 0.25) is 5.02 Å². The maximum Gasteiger partial charge on any atom is 0.246 e. The van der Waals surface area contributed by atoms with Gasteiger partial charge in [0.05, 0.1) is 0 Å². The van der Waals surface area contributed by atoms with Gasteiger partial charge in [-0.15, -0.1) is 0 Å².